The van der Waals surface area contributed by atoms with Gasteiger partial charge in [-0.05, 0) is 63.5 Å². The summed E-state index contributed by atoms with van der Waals surface area (Å²) in [4.78, 5) is 23.0. The minimum absolute atomic E-state index is 0.171. The van der Waals surface area contributed by atoms with Gasteiger partial charge < -0.3 is 9.47 Å². The SMILES string of the molecule is O=C(OCC=C1CCCCC1)C(=O)OCC=C1CCCCC1. The van der Waals surface area contributed by atoms with Crippen LogP contribution in [-0.2, 0) is 19.1 Å². The summed E-state index contributed by atoms with van der Waals surface area (Å²) in [6.07, 6.45) is 15.5. The third-order valence-corrected chi connectivity index (χ3v) is 4.33. The summed E-state index contributed by atoms with van der Waals surface area (Å²) in [6.45, 7) is 0.342. The molecule has 0 aromatic rings. The van der Waals surface area contributed by atoms with Gasteiger partial charge in [-0.25, -0.2) is 9.59 Å². The Morgan fingerprint density at radius 3 is 1.41 bits per heavy atom. The maximum absolute atomic E-state index is 11.5. The van der Waals surface area contributed by atoms with Crippen LogP contribution in [0.1, 0.15) is 64.2 Å². The van der Waals surface area contributed by atoms with Gasteiger partial charge in [0.25, 0.3) is 0 Å². The molecule has 0 radical (unpaired) electrons. The van der Waals surface area contributed by atoms with Crippen LogP contribution >= 0.6 is 0 Å². The Balaban J connectivity index is 1.62. The van der Waals surface area contributed by atoms with E-state index in [2.05, 4.69) is 0 Å². The predicted octanol–water partition coefficient (Wildman–Crippen LogP) is 3.85. The second-order valence-corrected chi connectivity index (χ2v) is 6.04. The maximum atomic E-state index is 11.5. The molecule has 2 aliphatic rings. The highest BCUT2D eigenvalue weighted by Crippen LogP contribution is 2.23. The van der Waals surface area contributed by atoms with Gasteiger partial charge in [0.05, 0.1) is 0 Å². The molecule has 4 heteroatoms. The molecule has 0 unspecified atom stereocenters. The summed E-state index contributed by atoms with van der Waals surface area (Å²) in [5.41, 5.74) is 2.66. The van der Waals surface area contributed by atoms with Crippen molar-refractivity contribution in [3.05, 3.63) is 23.3 Å². The molecule has 0 N–H and O–H groups in total. The van der Waals surface area contributed by atoms with Gasteiger partial charge in [-0.3, -0.25) is 0 Å². The summed E-state index contributed by atoms with van der Waals surface area (Å²) in [6, 6.07) is 0. The molecule has 22 heavy (non-hydrogen) atoms. The average Bonchev–Trinajstić information content (AvgIpc) is 2.56. The summed E-state index contributed by atoms with van der Waals surface area (Å²) in [5.74, 6) is -1.79. The van der Waals surface area contributed by atoms with Crippen molar-refractivity contribution in [2.75, 3.05) is 13.2 Å². The van der Waals surface area contributed by atoms with Crippen molar-refractivity contribution in [1.29, 1.82) is 0 Å². The number of ether oxygens (including phenoxy) is 2. The number of rotatable bonds is 4. The Bertz CT molecular complexity index is 390. The van der Waals surface area contributed by atoms with E-state index in [9.17, 15) is 9.59 Å². The van der Waals surface area contributed by atoms with Crippen molar-refractivity contribution in [3.63, 3.8) is 0 Å². The molecule has 0 amide bonds. The van der Waals surface area contributed by atoms with Gasteiger partial charge in [0.2, 0.25) is 0 Å². The van der Waals surface area contributed by atoms with Gasteiger partial charge >= 0.3 is 11.9 Å². The van der Waals surface area contributed by atoms with Crippen LogP contribution in [0.5, 0.6) is 0 Å². The lowest BCUT2D eigenvalue weighted by molar-refractivity contribution is -0.166. The molecule has 0 atom stereocenters. The largest absolute Gasteiger partial charge is 0.453 e. The minimum atomic E-state index is -0.894. The number of hydrogen-bond acceptors (Lipinski definition) is 4. The summed E-state index contributed by atoms with van der Waals surface area (Å²) in [7, 11) is 0. The molecule has 2 fully saturated rings. The molecule has 4 nitrogen and oxygen atoms in total. The van der Waals surface area contributed by atoms with E-state index in [1.807, 2.05) is 12.2 Å². The van der Waals surface area contributed by atoms with Crippen LogP contribution in [0.3, 0.4) is 0 Å². The second kappa shape index (κ2) is 9.44. The Hall–Kier alpha value is -1.58. The molecule has 0 aromatic carbocycles. The molecule has 0 heterocycles. The van der Waals surface area contributed by atoms with Gasteiger partial charge in [0.15, 0.2) is 0 Å². The van der Waals surface area contributed by atoms with Gasteiger partial charge in [-0.1, -0.05) is 24.0 Å². The normalized spacial score (nSPS) is 18.5. The fraction of sp³-hybridized carbons (Fsp3) is 0.667. The zero-order valence-corrected chi connectivity index (χ0v) is 13.3. The minimum Gasteiger partial charge on any atom is -0.453 e. The van der Waals surface area contributed by atoms with E-state index in [4.69, 9.17) is 9.47 Å². The van der Waals surface area contributed by atoms with Gasteiger partial charge in [0.1, 0.15) is 13.2 Å². The summed E-state index contributed by atoms with van der Waals surface area (Å²) < 4.78 is 9.88. The first kappa shape index (κ1) is 16.8. The Kier molecular flexibility index (Phi) is 7.20. The van der Waals surface area contributed by atoms with Crippen LogP contribution < -0.4 is 0 Å². The van der Waals surface area contributed by atoms with Crippen molar-refractivity contribution >= 4 is 11.9 Å². The first-order valence-corrected chi connectivity index (χ1v) is 8.45. The maximum Gasteiger partial charge on any atom is 0.417 e. The van der Waals surface area contributed by atoms with Crippen LogP contribution in [0.25, 0.3) is 0 Å². The zero-order valence-electron chi connectivity index (χ0n) is 13.3. The molecule has 0 aliphatic heterocycles. The van der Waals surface area contributed by atoms with E-state index in [1.54, 1.807) is 0 Å². The standard InChI is InChI=1S/C18H26O4/c19-17(21-13-11-15-7-3-1-4-8-15)18(20)22-14-12-16-9-5-2-6-10-16/h11-12H,1-10,13-14H2. The fourth-order valence-corrected chi connectivity index (χ4v) is 3.01. The molecule has 122 valence electrons. The van der Waals surface area contributed by atoms with Crippen molar-refractivity contribution < 1.29 is 19.1 Å². The van der Waals surface area contributed by atoms with Crippen LogP contribution in [0, 0.1) is 0 Å². The third-order valence-electron chi connectivity index (χ3n) is 4.33. The Morgan fingerprint density at radius 1 is 0.682 bits per heavy atom. The molecule has 0 bridgehead atoms. The molecule has 2 rings (SSSR count). The molecule has 0 aromatic heterocycles. The quantitative estimate of drug-likeness (QED) is 0.450. The smallest absolute Gasteiger partial charge is 0.417 e. The molecule has 0 spiro atoms. The molecule has 2 aliphatic carbocycles. The second-order valence-electron chi connectivity index (χ2n) is 6.04. The van der Waals surface area contributed by atoms with Crippen molar-refractivity contribution in [1.82, 2.24) is 0 Å². The molecule has 2 saturated carbocycles. The van der Waals surface area contributed by atoms with E-state index < -0.39 is 11.9 Å². The Labute approximate surface area is 132 Å². The van der Waals surface area contributed by atoms with Crippen molar-refractivity contribution in [2.45, 2.75) is 64.2 Å². The van der Waals surface area contributed by atoms with E-state index in [0.29, 0.717) is 0 Å². The first-order valence-electron chi connectivity index (χ1n) is 8.45. The number of allylic oxidation sites excluding steroid dienone is 2. The highest BCUT2D eigenvalue weighted by Gasteiger charge is 2.16. The molecular weight excluding hydrogens is 280 g/mol. The van der Waals surface area contributed by atoms with Crippen LogP contribution in [0.15, 0.2) is 23.3 Å². The zero-order chi connectivity index (χ0) is 15.6. The highest BCUT2D eigenvalue weighted by atomic mass is 16.6. The summed E-state index contributed by atoms with van der Waals surface area (Å²) in [5, 5.41) is 0. The van der Waals surface area contributed by atoms with Crippen LogP contribution in [0.2, 0.25) is 0 Å². The van der Waals surface area contributed by atoms with E-state index in [1.165, 1.54) is 49.7 Å². The van der Waals surface area contributed by atoms with Crippen molar-refractivity contribution in [3.8, 4) is 0 Å². The number of carbonyl (C=O) groups excluding carboxylic acids is 2. The third kappa shape index (κ3) is 6.04. The van der Waals surface area contributed by atoms with E-state index in [-0.39, 0.29) is 13.2 Å². The highest BCUT2D eigenvalue weighted by molar-refractivity contribution is 6.29. The van der Waals surface area contributed by atoms with Gasteiger partial charge in [-0.15, -0.1) is 0 Å². The lowest BCUT2D eigenvalue weighted by Gasteiger charge is -2.13. The first-order chi connectivity index (χ1) is 10.8. The fourth-order valence-electron chi connectivity index (χ4n) is 3.01. The van der Waals surface area contributed by atoms with Crippen LogP contribution in [-0.4, -0.2) is 25.2 Å². The number of carbonyl (C=O) groups is 2. The Morgan fingerprint density at radius 2 is 1.05 bits per heavy atom. The molecular formula is C18H26O4. The van der Waals surface area contributed by atoms with E-state index >= 15 is 0 Å². The number of esters is 2. The molecule has 0 saturated heterocycles. The monoisotopic (exact) mass is 306 g/mol. The van der Waals surface area contributed by atoms with Gasteiger partial charge in [-0.2, -0.15) is 0 Å². The lowest BCUT2D eigenvalue weighted by atomic mass is 9.95. The average molecular weight is 306 g/mol. The van der Waals surface area contributed by atoms with E-state index in [0.717, 1.165) is 25.7 Å². The van der Waals surface area contributed by atoms with Crippen molar-refractivity contribution in [2.24, 2.45) is 0 Å². The van der Waals surface area contributed by atoms with Crippen LogP contribution in [0.4, 0.5) is 0 Å². The topological polar surface area (TPSA) is 52.6 Å². The number of hydrogen-bond donors (Lipinski definition) is 0. The van der Waals surface area contributed by atoms with Gasteiger partial charge in [0, 0.05) is 0 Å². The lowest BCUT2D eigenvalue weighted by Crippen LogP contribution is -2.20. The summed E-state index contributed by atoms with van der Waals surface area (Å²) >= 11 is 0. The predicted molar refractivity (Wildman–Crippen MR) is 84.3 cm³/mol.